The minimum Gasteiger partial charge on any atom is -0.308 e. The fourth-order valence-corrected chi connectivity index (χ4v) is 2.22. The van der Waals surface area contributed by atoms with Gasteiger partial charge in [0.25, 0.3) is 0 Å². The molecule has 4 heteroatoms. The number of nitrogens with one attached hydrogen (secondary N) is 1. The molecule has 1 unspecified atom stereocenters. The van der Waals surface area contributed by atoms with Crippen LogP contribution in [0, 0.1) is 12.7 Å². The summed E-state index contributed by atoms with van der Waals surface area (Å²) >= 11 is 0. The third-order valence-electron chi connectivity index (χ3n) is 3.03. The lowest BCUT2D eigenvalue weighted by Gasteiger charge is -2.18. The lowest BCUT2D eigenvalue weighted by molar-refractivity contribution is 0.532. The molecular weight excluding hydrogens is 229 g/mol. The van der Waals surface area contributed by atoms with E-state index in [-0.39, 0.29) is 11.9 Å². The molecule has 1 aromatic heterocycles. The summed E-state index contributed by atoms with van der Waals surface area (Å²) in [5, 5.41) is 7.57. The van der Waals surface area contributed by atoms with Gasteiger partial charge in [0.05, 0.1) is 17.4 Å². The van der Waals surface area contributed by atoms with E-state index in [1.165, 1.54) is 6.07 Å². The molecule has 2 rings (SSSR count). The van der Waals surface area contributed by atoms with E-state index in [9.17, 15) is 4.39 Å². The highest BCUT2D eigenvalue weighted by atomic mass is 19.1. The molecule has 18 heavy (non-hydrogen) atoms. The van der Waals surface area contributed by atoms with E-state index < -0.39 is 0 Å². The van der Waals surface area contributed by atoms with Gasteiger partial charge < -0.3 is 5.32 Å². The first-order valence-electron chi connectivity index (χ1n) is 6.13. The Morgan fingerprint density at radius 1 is 1.39 bits per heavy atom. The van der Waals surface area contributed by atoms with Gasteiger partial charge in [0.2, 0.25) is 0 Å². The van der Waals surface area contributed by atoms with Gasteiger partial charge in [0, 0.05) is 12.1 Å². The van der Waals surface area contributed by atoms with Crippen LogP contribution in [0.3, 0.4) is 0 Å². The summed E-state index contributed by atoms with van der Waals surface area (Å²) in [5.74, 6) is -0.196. The smallest absolute Gasteiger partial charge is 0.128 e. The maximum Gasteiger partial charge on any atom is 0.128 e. The summed E-state index contributed by atoms with van der Waals surface area (Å²) in [6, 6.07) is 8.66. The van der Waals surface area contributed by atoms with Crippen LogP contribution in [0.2, 0.25) is 0 Å². The van der Waals surface area contributed by atoms with Gasteiger partial charge in [-0.1, -0.05) is 18.2 Å². The molecule has 0 radical (unpaired) electrons. The van der Waals surface area contributed by atoms with E-state index in [4.69, 9.17) is 0 Å². The van der Waals surface area contributed by atoms with Gasteiger partial charge in [-0.2, -0.15) is 5.10 Å². The third kappa shape index (κ3) is 2.29. The van der Waals surface area contributed by atoms with E-state index >= 15 is 0 Å². The van der Waals surface area contributed by atoms with Crippen LogP contribution >= 0.6 is 0 Å². The van der Waals surface area contributed by atoms with E-state index in [1.807, 2.05) is 37.7 Å². The summed E-state index contributed by atoms with van der Waals surface area (Å²) in [6.45, 7) is 4.75. The van der Waals surface area contributed by atoms with E-state index in [1.54, 1.807) is 12.1 Å². The quantitative estimate of drug-likeness (QED) is 0.900. The van der Waals surface area contributed by atoms with Crippen LogP contribution in [-0.2, 0) is 6.54 Å². The molecular formula is C14H18FN3. The van der Waals surface area contributed by atoms with Gasteiger partial charge >= 0.3 is 0 Å². The lowest BCUT2D eigenvalue weighted by Crippen LogP contribution is -2.22. The van der Waals surface area contributed by atoms with E-state index in [0.29, 0.717) is 5.56 Å². The first kappa shape index (κ1) is 12.8. The zero-order valence-corrected chi connectivity index (χ0v) is 10.9. The topological polar surface area (TPSA) is 29.9 Å². The van der Waals surface area contributed by atoms with Crippen molar-refractivity contribution in [2.24, 2.45) is 0 Å². The monoisotopic (exact) mass is 247 g/mol. The average Bonchev–Trinajstić information content (AvgIpc) is 2.74. The number of hydrogen-bond acceptors (Lipinski definition) is 2. The molecule has 0 bridgehead atoms. The summed E-state index contributed by atoms with van der Waals surface area (Å²) in [7, 11) is 1.83. The molecule has 1 aromatic carbocycles. The molecule has 0 fully saturated rings. The van der Waals surface area contributed by atoms with Crippen molar-refractivity contribution in [2.75, 3.05) is 7.05 Å². The number of aromatic nitrogens is 2. The fraction of sp³-hybridized carbons (Fsp3) is 0.357. The molecule has 0 aliphatic carbocycles. The van der Waals surface area contributed by atoms with E-state index in [0.717, 1.165) is 17.9 Å². The SMILES string of the molecule is CCn1nc(C)cc1C(NC)c1ccccc1F. The molecule has 0 spiro atoms. The highest BCUT2D eigenvalue weighted by Crippen LogP contribution is 2.24. The van der Waals surface area contributed by atoms with Gasteiger partial charge in [0.1, 0.15) is 5.82 Å². The number of rotatable bonds is 4. The first-order valence-corrected chi connectivity index (χ1v) is 6.13. The molecule has 96 valence electrons. The second-order valence-corrected chi connectivity index (χ2v) is 4.27. The average molecular weight is 247 g/mol. The van der Waals surface area contributed by atoms with Crippen molar-refractivity contribution in [1.29, 1.82) is 0 Å². The predicted octanol–water partition coefficient (Wildman–Crippen LogP) is 2.66. The Bertz CT molecular complexity index is 534. The number of aryl methyl sites for hydroxylation is 2. The maximum atomic E-state index is 13.9. The van der Waals surface area contributed by atoms with Crippen molar-refractivity contribution >= 4 is 0 Å². The van der Waals surface area contributed by atoms with Crippen molar-refractivity contribution in [2.45, 2.75) is 26.4 Å². The minimum atomic E-state index is -0.196. The fourth-order valence-electron chi connectivity index (χ4n) is 2.22. The lowest BCUT2D eigenvalue weighted by atomic mass is 10.0. The second kappa shape index (κ2) is 5.31. The normalized spacial score (nSPS) is 12.7. The number of halogens is 1. The second-order valence-electron chi connectivity index (χ2n) is 4.27. The Balaban J connectivity index is 2.48. The Morgan fingerprint density at radius 3 is 2.72 bits per heavy atom. The van der Waals surface area contributed by atoms with Crippen LogP contribution in [0.4, 0.5) is 4.39 Å². The Labute approximate surface area is 107 Å². The standard InChI is InChI=1S/C14H18FN3/c1-4-18-13(9-10(2)17-18)14(16-3)11-7-5-6-8-12(11)15/h5-9,14,16H,4H2,1-3H3. The molecule has 0 saturated carbocycles. The molecule has 0 aliphatic heterocycles. The van der Waals surface area contributed by atoms with Crippen molar-refractivity contribution < 1.29 is 4.39 Å². The largest absolute Gasteiger partial charge is 0.308 e. The number of hydrogen-bond donors (Lipinski definition) is 1. The molecule has 3 nitrogen and oxygen atoms in total. The van der Waals surface area contributed by atoms with Crippen LogP contribution < -0.4 is 5.32 Å². The molecule has 1 N–H and O–H groups in total. The predicted molar refractivity (Wildman–Crippen MR) is 69.9 cm³/mol. The Hall–Kier alpha value is -1.68. The van der Waals surface area contributed by atoms with Gasteiger partial charge in [-0.25, -0.2) is 4.39 Å². The molecule has 1 heterocycles. The van der Waals surface area contributed by atoms with Crippen LogP contribution in [0.1, 0.15) is 29.9 Å². The summed E-state index contributed by atoms with van der Waals surface area (Å²) in [4.78, 5) is 0. The summed E-state index contributed by atoms with van der Waals surface area (Å²) in [5.41, 5.74) is 2.58. The van der Waals surface area contributed by atoms with Crippen LogP contribution in [0.15, 0.2) is 30.3 Å². The van der Waals surface area contributed by atoms with Gasteiger partial charge in [-0.3, -0.25) is 4.68 Å². The third-order valence-corrected chi connectivity index (χ3v) is 3.03. The van der Waals surface area contributed by atoms with Gasteiger partial charge in [-0.05, 0) is 33.0 Å². The molecule has 1 atom stereocenters. The molecule has 0 saturated heterocycles. The Kier molecular flexibility index (Phi) is 3.77. The van der Waals surface area contributed by atoms with Crippen molar-refractivity contribution in [3.05, 3.63) is 53.1 Å². The van der Waals surface area contributed by atoms with Crippen LogP contribution in [0.25, 0.3) is 0 Å². The zero-order chi connectivity index (χ0) is 13.1. The minimum absolute atomic E-state index is 0.174. The number of benzene rings is 1. The van der Waals surface area contributed by atoms with Crippen LogP contribution in [0.5, 0.6) is 0 Å². The van der Waals surface area contributed by atoms with Gasteiger partial charge in [0.15, 0.2) is 0 Å². The zero-order valence-electron chi connectivity index (χ0n) is 10.9. The maximum absolute atomic E-state index is 13.9. The van der Waals surface area contributed by atoms with Crippen molar-refractivity contribution in [3.8, 4) is 0 Å². The van der Waals surface area contributed by atoms with Crippen molar-refractivity contribution in [3.63, 3.8) is 0 Å². The molecule has 0 amide bonds. The number of nitrogens with zero attached hydrogens (tertiary/aromatic N) is 2. The summed E-state index contributed by atoms with van der Waals surface area (Å²) in [6.07, 6.45) is 0. The summed E-state index contributed by atoms with van der Waals surface area (Å²) < 4.78 is 15.8. The van der Waals surface area contributed by atoms with Crippen molar-refractivity contribution in [1.82, 2.24) is 15.1 Å². The molecule has 2 aromatic rings. The van der Waals surface area contributed by atoms with Gasteiger partial charge in [-0.15, -0.1) is 0 Å². The highest BCUT2D eigenvalue weighted by Gasteiger charge is 2.19. The first-order chi connectivity index (χ1) is 8.67. The molecule has 0 aliphatic rings. The van der Waals surface area contributed by atoms with E-state index in [2.05, 4.69) is 10.4 Å². The van der Waals surface area contributed by atoms with Crippen LogP contribution in [-0.4, -0.2) is 16.8 Å². The Morgan fingerprint density at radius 2 is 2.11 bits per heavy atom. The highest BCUT2D eigenvalue weighted by molar-refractivity contribution is 5.30.